The second-order valence-electron chi connectivity index (χ2n) is 3.96. The van der Waals surface area contributed by atoms with Crippen molar-refractivity contribution in [1.82, 2.24) is 0 Å². The number of hydrogen-bond donors (Lipinski definition) is 2. The molecular formula is C13H8Cl2F2N2S. The summed E-state index contributed by atoms with van der Waals surface area (Å²) >= 11 is 16.3. The Morgan fingerprint density at radius 3 is 1.95 bits per heavy atom. The van der Waals surface area contributed by atoms with Gasteiger partial charge in [-0.2, -0.15) is 0 Å². The van der Waals surface area contributed by atoms with Crippen LogP contribution in [0.3, 0.4) is 0 Å². The number of thiocarbonyl (C=S) groups is 1. The minimum absolute atomic E-state index is 0.0832. The van der Waals surface area contributed by atoms with Crippen LogP contribution in [0.1, 0.15) is 5.56 Å². The summed E-state index contributed by atoms with van der Waals surface area (Å²) in [6, 6.07) is 6.61. The molecule has 2 aromatic carbocycles. The third-order valence-corrected chi connectivity index (χ3v) is 3.13. The van der Waals surface area contributed by atoms with E-state index in [2.05, 4.69) is 17.5 Å². The first-order valence-electron chi connectivity index (χ1n) is 5.39. The lowest BCUT2D eigenvalue weighted by molar-refractivity contribution is 0.590. The lowest BCUT2D eigenvalue weighted by Crippen LogP contribution is -2.11. The molecule has 0 aliphatic rings. The van der Waals surface area contributed by atoms with Crippen LogP contribution >= 0.6 is 35.4 Å². The molecule has 0 aliphatic carbocycles. The zero-order valence-corrected chi connectivity index (χ0v) is 12.2. The fourth-order valence-corrected chi connectivity index (χ4v) is 2.25. The van der Waals surface area contributed by atoms with Gasteiger partial charge in [0.2, 0.25) is 0 Å². The molecule has 2 rings (SSSR count). The van der Waals surface area contributed by atoms with Gasteiger partial charge in [0.15, 0.2) is 0 Å². The Morgan fingerprint density at radius 2 is 1.50 bits per heavy atom. The maximum atomic E-state index is 13.9. The topological polar surface area (TPSA) is 38.0 Å². The summed E-state index contributed by atoms with van der Waals surface area (Å²) in [4.78, 5) is -0.0832. The number of benzene rings is 2. The molecule has 7 heteroatoms. The van der Waals surface area contributed by atoms with Gasteiger partial charge in [-0.3, -0.25) is 0 Å². The van der Waals surface area contributed by atoms with E-state index in [0.717, 1.165) is 12.1 Å². The van der Waals surface area contributed by atoms with Gasteiger partial charge < -0.3 is 11.1 Å². The van der Waals surface area contributed by atoms with E-state index in [1.807, 2.05) is 0 Å². The predicted molar refractivity (Wildman–Crippen MR) is 82.0 cm³/mol. The zero-order valence-electron chi connectivity index (χ0n) is 9.88. The van der Waals surface area contributed by atoms with Gasteiger partial charge in [-0.1, -0.05) is 35.4 Å². The van der Waals surface area contributed by atoms with Crippen molar-refractivity contribution in [3.63, 3.8) is 0 Å². The fraction of sp³-hybridized carbons (Fsp3) is 0. The van der Waals surface area contributed by atoms with Crippen LogP contribution in [-0.2, 0) is 0 Å². The molecule has 20 heavy (non-hydrogen) atoms. The van der Waals surface area contributed by atoms with Crippen LogP contribution in [0.5, 0.6) is 0 Å². The normalized spacial score (nSPS) is 10.4. The minimum Gasteiger partial charge on any atom is -0.389 e. The summed E-state index contributed by atoms with van der Waals surface area (Å²) in [5.74, 6) is -1.63. The standard InChI is InChI=1S/C13H8Cl2F2N2S/c14-7-3-8(15)5-9(4-7)19-12-10(16)1-6(13(18)20)2-11(12)17/h1-5,19H,(H2,18,20). The molecule has 0 bridgehead atoms. The predicted octanol–water partition coefficient (Wildman–Crippen LogP) is 4.65. The number of anilines is 2. The van der Waals surface area contributed by atoms with E-state index in [-0.39, 0.29) is 16.2 Å². The Morgan fingerprint density at radius 1 is 1.00 bits per heavy atom. The second-order valence-corrected chi connectivity index (χ2v) is 5.27. The van der Waals surface area contributed by atoms with Gasteiger partial charge in [-0.25, -0.2) is 8.78 Å². The Labute approximate surface area is 129 Å². The molecule has 0 aromatic heterocycles. The Balaban J connectivity index is 2.41. The third-order valence-electron chi connectivity index (χ3n) is 2.46. The minimum atomic E-state index is -0.816. The number of nitrogens with one attached hydrogen (secondary N) is 1. The van der Waals surface area contributed by atoms with Crippen molar-refractivity contribution >= 4 is 51.8 Å². The van der Waals surface area contributed by atoms with Gasteiger partial charge in [0.05, 0.1) is 0 Å². The molecule has 0 spiro atoms. The SMILES string of the molecule is NC(=S)c1cc(F)c(Nc2cc(Cl)cc(Cl)c2)c(F)c1. The molecule has 2 aromatic rings. The Bertz CT molecular complexity index is 649. The highest BCUT2D eigenvalue weighted by molar-refractivity contribution is 7.80. The summed E-state index contributed by atoms with van der Waals surface area (Å²) in [5.41, 5.74) is 5.49. The van der Waals surface area contributed by atoms with Crippen molar-refractivity contribution in [3.05, 3.63) is 57.6 Å². The van der Waals surface area contributed by atoms with E-state index in [1.165, 1.54) is 18.2 Å². The van der Waals surface area contributed by atoms with Crippen LogP contribution in [-0.4, -0.2) is 4.99 Å². The summed E-state index contributed by atoms with van der Waals surface area (Å²) in [6.07, 6.45) is 0. The quantitative estimate of drug-likeness (QED) is 0.803. The highest BCUT2D eigenvalue weighted by Gasteiger charge is 2.13. The summed E-state index contributed by atoms with van der Waals surface area (Å²) in [7, 11) is 0. The highest BCUT2D eigenvalue weighted by Crippen LogP contribution is 2.28. The van der Waals surface area contributed by atoms with Crippen LogP contribution in [0.4, 0.5) is 20.2 Å². The van der Waals surface area contributed by atoms with Crippen LogP contribution < -0.4 is 11.1 Å². The summed E-state index contributed by atoms with van der Waals surface area (Å²) in [6.45, 7) is 0. The van der Waals surface area contributed by atoms with Crippen LogP contribution in [0.15, 0.2) is 30.3 Å². The van der Waals surface area contributed by atoms with E-state index in [0.29, 0.717) is 15.7 Å². The lowest BCUT2D eigenvalue weighted by atomic mass is 10.1. The van der Waals surface area contributed by atoms with E-state index in [9.17, 15) is 8.78 Å². The number of rotatable bonds is 3. The van der Waals surface area contributed by atoms with Gasteiger partial charge in [-0.05, 0) is 30.3 Å². The largest absolute Gasteiger partial charge is 0.389 e. The van der Waals surface area contributed by atoms with E-state index < -0.39 is 11.6 Å². The molecule has 0 atom stereocenters. The van der Waals surface area contributed by atoms with E-state index in [1.54, 1.807) is 0 Å². The molecule has 0 heterocycles. The first kappa shape index (κ1) is 15.0. The molecule has 0 saturated carbocycles. The van der Waals surface area contributed by atoms with E-state index in [4.69, 9.17) is 28.9 Å². The molecule has 3 N–H and O–H groups in total. The number of hydrogen-bond acceptors (Lipinski definition) is 2. The first-order chi connectivity index (χ1) is 9.36. The molecule has 0 amide bonds. The molecule has 2 nitrogen and oxygen atoms in total. The van der Waals surface area contributed by atoms with Crippen molar-refractivity contribution < 1.29 is 8.78 Å². The molecule has 0 radical (unpaired) electrons. The average Bonchev–Trinajstić information content (AvgIpc) is 2.32. The molecule has 104 valence electrons. The van der Waals surface area contributed by atoms with Crippen LogP contribution in [0.2, 0.25) is 10.0 Å². The molecular weight excluding hydrogens is 325 g/mol. The van der Waals surface area contributed by atoms with Crippen molar-refractivity contribution in [3.8, 4) is 0 Å². The molecule has 0 aliphatic heterocycles. The van der Waals surface area contributed by atoms with Gasteiger partial charge in [0, 0.05) is 21.3 Å². The Hall–Kier alpha value is -1.43. The number of halogens is 4. The van der Waals surface area contributed by atoms with Gasteiger partial charge >= 0.3 is 0 Å². The second kappa shape index (κ2) is 5.91. The third kappa shape index (κ3) is 3.36. The van der Waals surface area contributed by atoms with Gasteiger partial charge in [-0.15, -0.1) is 0 Å². The summed E-state index contributed by atoms with van der Waals surface area (Å²) < 4.78 is 27.7. The van der Waals surface area contributed by atoms with Gasteiger partial charge in [0.1, 0.15) is 22.3 Å². The maximum absolute atomic E-state index is 13.9. The highest BCUT2D eigenvalue weighted by atomic mass is 35.5. The van der Waals surface area contributed by atoms with Crippen molar-refractivity contribution in [2.24, 2.45) is 5.73 Å². The summed E-state index contributed by atoms with van der Waals surface area (Å²) in [5, 5.41) is 3.28. The smallest absolute Gasteiger partial charge is 0.150 e. The van der Waals surface area contributed by atoms with E-state index >= 15 is 0 Å². The molecule has 0 fully saturated rings. The molecule has 0 unspecified atom stereocenters. The van der Waals surface area contributed by atoms with Crippen molar-refractivity contribution in [1.29, 1.82) is 0 Å². The van der Waals surface area contributed by atoms with Gasteiger partial charge in [0.25, 0.3) is 0 Å². The lowest BCUT2D eigenvalue weighted by Gasteiger charge is -2.11. The molecule has 0 saturated heterocycles. The fourth-order valence-electron chi connectivity index (χ4n) is 1.61. The number of nitrogens with two attached hydrogens (primary N) is 1. The zero-order chi connectivity index (χ0) is 14.9. The average molecular weight is 333 g/mol. The Kier molecular flexibility index (Phi) is 4.42. The first-order valence-corrected chi connectivity index (χ1v) is 6.55. The van der Waals surface area contributed by atoms with Crippen molar-refractivity contribution in [2.75, 3.05) is 5.32 Å². The van der Waals surface area contributed by atoms with Crippen LogP contribution in [0, 0.1) is 11.6 Å². The van der Waals surface area contributed by atoms with Crippen molar-refractivity contribution in [2.45, 2.75) is 0 Å². The monoisotopic (exact) mass is 332 g/mol. The maximum Gasteiger partial charge on any atom is 0.150 e. The van der Waals surface area contributed by atoms with Crippen LogP contribution in [0.25, 0.3) is 0 Å².